The molecule has 0 amide bonds. The molecule has 0 saturated carbocycles. The first-order valence-electron chi connectivity index (χ1n) is 7.09. The first kappa shape index (κ1) is 15.3. The minimum absolute atomic E-state index is 0.0406. The summed E-state index contributed by atoms with van der Waals surface area (Å²) in [5.41, 5.74) is 1.08. The minimum atomic E-state index is -0.472. The molecule has 0 aliphatic carbocycles. The lowest BCUT2D eigenvalue weighted by molar-refractivity contribution is -0.384. The number of piperidine rings is 1. The zero-order valence-electron chi connectivity index (χ0n) is 12.5. The summed E-state index contributed by atoms with van der Waals surface area (Å²) < 4.78 is 0. The van der Waals surface area contributed by atoms with Crippen LogP contribution in [0.3, 0.4) is 0 Å². The predicted molar refractivity (Wildman–Crippen MR) is 81.3 cm³/mol. The molecule has 1 unspecified atom stereocenters. The highest BCUT2D eigenvalue weighted by Crippen LogP contribution is 2.26. The number of nitro benzene ring substituents is 1. The Labute approximate surface area is 124 Å². The molecule has 0 aromatic heterocycles. The van der Waals surface area contributed by atoms with Gasteiger partial charge in [-0.1, -0.05) is 0 Å². The summed E-state index contributed by atoms with van der Waals surface area (Å²) in [6.07, 6.45) is 2.38. The second-order valence-corrected chi connectivity index (χ2v) is 5.72. The molecule has 0 radical (unpaired) electrons. The molecular weight excluding hydrogens is 268 g/mol. The molecule has 1 aliphatic heterocycles. The summed E-state index contributed by atoms with van der Waals surface area (Å²) >= 11 is 0. The molecule has 1 aromatic carbocycles. The first-order valence-corrected chi connectivity index (χ1v) is 7.09. The molecule has 6 nitrogen and oxygen atoms in total. The number of benzene rings is 1. The Bertz CT molecular complexity index is 567. The molecule has 1 aliphatic rings. The molecular formula is C15H20N4O2. The Morgan fingerprint density at radius 1 is 1.57 bits per heavy atom. The molecule has 1 atom stereocenters. The van der Waals surface area contributed by atoms with Crippen LogP contribution in [0.1, 0.15) is 18.4 Å². The van der Waals surface area contributed by atoms with Gasteiger partial charge in [0.1, 0.15) is 6.07 Å². The quantitative estimate of drug-likeness (QED) is 0.627. The van der Waals surface area contributed by atoms with Gasteiger partial charge in [0, 0.05) is 32.3 Å². The van der Waals surface area contributed by atoms with Gasteiger partial charge in [-0.05, 0) is 38.4 Å². The smallest absolute Gasteiger partial charge is 0.270 e. The fourth-order valence-electron chi connectivity index (χ4n) is 2.97. The van der Waals surface area contributed by atoms with Crippen molar-refractivity contribution in [3.63, 3.8) is 0 Å². The number of nitrogens with zero attached hydrogens (tertiary/aromatic N) is 4. The van der Waals surface area contributed by atoms with Gasteiger partial charge >= 0.3 is 0 Å². The van der Waals surface area contributed by atoms with Gasteiger partial charge in [0.2, 0.25) is 0 Å². The van der Waals surface area contributed by atoms with Crippen LogP contribution in [0.2, 0.25) is 0 Å². The van der Waals surface area contributed by atoms with Crippen LogP contribution in [0.4, 0.5) is 11.4 Å². The van der Waals surface area contributed by atoms with Crippen molar-refractivity contribution < 1.29 is 4.92 Å². The lowest BCUT2D eigenvalue weighted by Gasteiger charge is -2.33. The van der Waals surface area contributed by atoms with Gasteiger partial charge in [-0.25, -0.2) is 0 Å². The van der Waals surface area contributed by atoms with Gasteiger partial charge in [-0.2, -0.15) is 5.26 Å². The van der Waals surface area contributed by atoms with Gasteiger partial charge in [-0.3, -0.25) is 10.1 Å². The molecule has 6 heteroatoms. The number of rotatable bonds is 4. The van der Waals surface area contributed by atoms with Crippen LogP contribution in [0.5, 0.6) is 0 Å². The standard InChI is InChI=1S/C15H20N4O2/c1-17-7-3-4-12(10-17)11-18(2)15-6-5-14(19(20)21)8-13(15)9-16/h5-6,8,12H,3-4,7,10-11H2,1-2H3. The van der Waals surface area contributed by atoms with Crippen LogP contribution in [0.15, 0.2) is 18.2 Å². The van der Waals surface area contributed by atoms with Crippen LogP contribution in [-0.2, 0) is 0 Å². The van der Waals surface area contributed by atoms with Crippen molar-refractivity contribution in [3.05, 3.63) is 33.9 Å². The van der Waals surface area contributed by atoms with E-state index in [1.165, 1.54) is 25.0 Å². The zero-order valence-corrected chi connectivity index (χ0v) is 12.5. The van der Waals surface area contributed by atoms with Crippen molar-refractivity contribution in [2.24, 2.45) is 5.92 Å². The molecule has 112 valence electrons. The molecule has 2 rings (SSSR count). The summed E-state index contributed by atoms with van der Waals surface area (Å²) in [6, 6.07) is 6.54. The molecule has 1 aromatic rings. The third-order valence-electron chi connectivity index (χ3n) is 3.98. The van der Waals surface area contributed by atoms with Gasteiger partial charge < -0.3 is 9.80 Å². The van der Waals surface area contributed by atoms with Crippen LogP contribution in [0.25, 0.3) is 0 Å². The number of hydrogen-bond acceptors (Lipinski definition) is 5. The van der Waals surface area contributed by atoms with Crippen molar-refractivity contribution >= 4 is 11.4 Å². The number of hydrogen-bond donors (Lipinski definition) is 0. The lowest BCUT2D eigenvalue weighted by Crippen LogP contribution is -2.38. The second-order valence-electron chi connectivity index (χ2n) is 5.72. The van der Waals surface area contributed by atoms with Crippen molar-refractivity contribution in [2.45, 2.75) is 12.8 Å². The van der Waals surface area contributed by atoms with Crippen molar-refractivity contribution in [3.8, 4) is 6.07 Å². The third kappa shape index (κ3) is 3.70. The number of anilines is 1. The Hall–Kier alpha value is -2.13. The van der Waals surface area contributed by atoms with E-state index >= 15 is 0 Å². The van der Waals surface area contributed by atoms with Crippen molar-refractivity contribution in [2.75, 3.05) is 38.6 Å². The monoisotopic (exact) mass is 288 g/mol. The number of nitro groups is 1. The van der Waals surface area contributed by atoms with E-state index in [9.17, 15) is 15.4 Å². The maximum atomic E-state index is 10.8. The zero-order chi connectivity index (χ0) is 15.4. The van der Waals surface area contributed by atoms with E-state index < -0.39 is 4.92 Å². The summed E-state index contributed by atoms with van der Waals surface area (Å²) in [6.45, 7) is 3.05. The Kier molecular flexibility index (Phi) is 4.76. The highest BCUT2D eigenvalue weighted by molar-refractivity contribution is 5.62. The van der Waals surface area contributed by atoms with E-state index in [4.69, 9.17) is 0 Å². The SMILES string of the molecule is CN1CCCC(CN(C)c2ccc([N+](=O)[O-])cc2C#N)C1. The largest absolute Gasteiger partial charge is 0.373 e. The number of likely N-dealkylation sites (tertiary alicyclic amines) is 1. The highest BCUT2D eigenvalue weighted by Gasteiger charge is 2.20. The van der Waals surface area contributed by atoms with Gasteiger partial charge in [0.15, 0.2) is 0 Å². The van der Waals surface area contributed by atoms with E-state index in [-0.39, 0.29) is 5.69 Å². The minimum Gasteiger partial charge on any atom is -0.373 e. The molecule has 0 N–H and O–H groups in total. The van der Waals surface area contributed by atoms with E-state index in [0.29, 0.717) is 11.5 Å². The molecule has 0 spiro atoms. The van der Waals surface area contributed by atoms with Gasteiger partial charge in [0.05, 0.1) is 16.2 Å². The molecule has 0 bridgehead atoms. The Morgan fingerprint density at radius 2 is 2.33 bits per heavy atom. The maximum absolute atomic E-state index is 10.8. The van der Waals surface area contributed by atoms with Crippen LogP contribution >= 0.6 is 0 Å². The topological polar surface area (TPSA) is 73.4 Å². The summed E-state index contributed by atoms with van der Waals surface area (Å²) in [5.74, 6) is 0.565. The fraction of sp³-hybridized carbons (Fsp3) is 0.533. The number of non-ortho nitro benzene ring substituents is 1. The first-order chi connectivity index (χ1) is 10.0. The average molecular weight is 288 g/mol. The molecule has 1 fully saturated rings. The molecule has 1 heterocycles. The summed E-state index contributed by atoms with van der Waals surface area (Å²) in [4.78, 5) is 14.7. The average Bonchev–Trinajstić information content (AvgIpc) is 2.46. The molecule has 21 heavy (non-hydrogen) atoms. The van der Waals surface area contributed by atoms with Crippen molar-refractivity contribution in [1.29, 1.82) is 5.26 Å². The predicted octanol–water partition coefficient (Wildman–Crippen LogP) is 2.24. The van der Waals surface area contributed by atoms with E-state index in [1.807, 2.05) is 11.9 Å². The third-order valence-corrected chi connectivity index (χ3v) is 3.98. The number of nitriles is 1. The fourth-order valence-corrected chi connectivity index (χ4v) is 2.97. The van der Waals surface area contributed by atoms with E-state index in [2.05, 4.69) is 18.0 Å². The Balaban J connectivity index is 2.13. The van der Waals surface area contributed by atoms with Crippen LogP contribution in [-0.4, -0.2) is 43.6 Å². The van der Waals surface area contributed by atoms with Crippen LogP contribution in [0, 0.1) is 27.4 Å². The maximum Gasteiger partial charge on any atom is 0.270 e. The normalized spacial score (nSPS) is 19.0. The van der Waals surface area contributed by atoms with Crippen LogP contribution < -0.4 is 4.90 Å². The lowest BCUT2D eigenvalue weighted by atomic mass is 9.97. The highest BCUT2D eigenvalue weighted by atomic mass is 16.6. The van der Waals surface area contributed by atoms with Gasteiger partial charge in [-0.15, -0.1) is 0 Å². The second kappa shape index (κ2) is 6.55. The summed E-state index contributed by atoms with van der Waals surface area (Å²) in [5, 5.41) is 20.0. The molecule has 1 saturated heterocycles. The summed E-state index contributed by atoms with van der Waals surface area (Å²) in [7, 11) is 4.06. The van der Waals surface area contributed by atoms with E-state index in [0.717, 1.165) is 25.3 Å². The van der Waals surface area contributed by atoms with Gasteiger partial charge in [0.25, 0.3) is 5.69 Å². The van der Waals surface area contributed by atoms with E-state index in [1.54, 1.807) is 6.07 Å². The van der Waals surface area contributed by atoms with Crippen molar-refractivity contribution in [1.82, 2.24) is 4.90 Å². The Morgan fingerprint density at radius 3 is 2.95 bits per heavy atom.